The van der Waals surface area contributed by atoms with E-state index >= 15 is 0 Å². The van der Waals surface area contributed by atoms with Crippen LogP contribution >= 0.6 is 0 Å². The second-order valence-corrected chi connectivity index (χ2v) is 7.28. The zero-order valence-corrected chi connectivity index (χ0v) is 17.4. The first kappa shape index (κ1) is 20.6. The molecule has 1 aliphatic rings. The maximum Gasteiger partial charge on any atom is 0.355 e. The van der Waals surface area contributed by atoms with Crippen molar-refractivity contribution >= 4 is 23.5 Å². The maximum atomic E-state index is 13.0. The number of fused-ring (bicyclic) bond motifs is 1. The predicted octanol–water partition coefficient (Wildman–Crippen LogP) is 3.33. The first-order chi connectivity index (χ1) is 13.8. The molecule has 1 N–H and O–H groups in total. The van der Waals surface area contributed by atoms with Crippen LogP contribution in [-0.2, 0) is 20.7 Å². The fraction of sp³-hybridized carbons (Fsp3) is 0.409. The largest absolute Gasteiger partial charge is 0.462 e. The van der Waals surface area contributed by atoms with Gasteiger partial charge in [0.15, 0.2) is 6.10 Å². The molecule has 2 atom stereocenters. The smallest absolute Gasteiger partial charge is 0.355 e. The van der Waals surface area contributed by atoms with Gasteiger partial charge in [-0.2, -0.15) is 0 Å². The fourth-order valence-electron chi connectivity index (χ4n) is 3.83. The summed E-state index contributed by atoms with van der Waals surface area (Å²) in [6.07, 6.45) is -0.203. The molecule has 2 aromatic rings. The van der Waals surface area contributed by atoms with Gasteiger partial charge in [-0.15, -0.1) is 0 Å². The molecule has 0 fully saturated rings. The molecule has 0 bridgehead atoms. The molecule has 1 aromatic carbocycles. The Morgan fingerprint density at radius 1 is 1.21 bits per heavy atom. The highest BCUT2D eigenvalue weighted by Gasteiger charge is 2.35. The number of benzene rings is 1. The molecule has 7 heteroatoms. The normalized spacial score (nSPS) is 16.3. The zero-order chi connectivity index (χ0) is 21.3. The van der Waals surface area contributed by atoms with Gasteiger partial charge < -0.3 is 19.4 Å². The van der Waals surface area contributed by atoms with Gasteiger partial charge in [0.25, 0.3) is 5.91 Å². The number of nitrogens with one attached hydrogen (secondary N) is 1. The SMILES string of the molecule is CCOC(=O)c1c(C)[nH]c(C(=O)O[C@H](C)C(=O)N2c3ccccc3C[C@@H]2C)c1C. The van der Waals surface area contributed by atoms with Gasteiger partial charge in [0.05, 0.1) is 12.2 Å². The average Bonchev–Trinajstić information content (AvgIpc) is 3.16. The van der Waals surface area contributed by atoms with E-state index < -0.39 is 18.0 Å². The Hall–Kier alpha value is -3.09. The maximum absolute atomic E-state index is 13.0. The van der Waals surface area contributed by atoms with Crippen LogP contribution in [0.5, 0.6) is 0 Å². The Kier molecular flexibility index (Phi) is 5.77. The Morgan fingerprint density at radius 2 is 1.90 bits per heavy atom. The van der Waals surface area contributed by atoms with Crippen LogP contribution in [0.3, 0.4) is 0 Å². The number of carbonyl (C=O) groups excluding carboxylic acids is 3. The molecule has 154 valence electrons. The number of hydrogen-bond donors (Lipinski definition) is 1. The minimum Gasteiger partial charge on any atom is -0.462 e. The van der Waals surface area contributed by atoms with Crippen molar-refractivity contribution in [3.63, 3.8) is 0 Å². The molecule has 3 rings (SSSR count). The van der Waals surface area contributed by atoms with Crippen LogP contribution in [0.1, 0.15) is 58.4 Å². The Morgan fingerprint density at radius 3 is 2.59 bits per heavy atom. The number of hydrogen-bond acceptors (Lipinski definition) is 5. The molecular weight excluding hydrogens is 372 g/mol. The lowest BCUT2D eigenvalue weighted by atomic mass is 10.1. The summed E-state index contributed by atoms with van der Waals surface area (Å²) in [6, 6.07) is 7.72. The van der Waals surface area contributed by atoms with Crippen molar-refractivity contribution in [3.05, 3.63) is 52.3 Å². The number of amides is 1. The van der Waals surface area contributed by atoms with Crippen molar-refractivity contribution in [2.45, 2.75) is 53.2 Å². The minimum absolute atomic E-state index is 0.00839. The van der Waals surface area contributed by atoms with Gasteiger partial charge in [0.2, 0.25) is 0 Å². The molecule has 1 aromatic heterocycles. The molecule has 0 radical (unpaired) electrons. The second-order valence-electron chi connectivity index (χ2n) is 7.28. The summed E-state index contributed by atoms with van der Waals surface area (Å²) in [5, 5.41) is 0. The van der Waals surface area contributed by atoms with Gasteiger partial charge in [-0.3, -0.25) is 4.79 Å². The van der Waals surface area contributed by atoms with E-state index in [-0.39, 0.29) is 24.2 Å². The van der Waals surface area contributed by atoms with Crippen molar-refractivity contribution < 1.29 is 23.9 Å². The Balaban J connectivity index is 1.77. The number of rotatable bonds is 5. The summed E-state index contributed by atoms with van der Waals surface area (Å²) in [7, 11) is 0. The van der Waals surface area contributed by atoms with Crippen molar-refractivity contribution in [1.82, 2.24) is 4.98 Å². The van der Waals surface area contributed by atoms with Crippen molar-refractivity contribution in [2.24, 2.45) is 0 Å². The van der Waals surface area contributed by atoms with E-state index in [4.69, 9.17) is 9.47 Å². The van der Waals surface area contributed by atoms with E-state index in [2.05, 4.69) is 4.98 Å². The summed E-state index contributed by atoms with van der Waals surface area (Å²) in [5.74, 6) is -1.45. The second kappa shape index (κ2) is 8.11. The van der Waals surface area contributed by atoms with Crippen LogP contribution in [0.2, 0.25) is 0 Å². The summed E-state index contributed by atoms with van der Waals surface area (Å²) in [5.41, 5.74) is 3.39. The lowest BCUT2D eigenvalue weighted by Crippen LogP contribution is -2.43. The quantitative estimate of drug-likeness (QED) is 0.781. The van der Waals surface area contributed by atoms with Gasteiger partial charge in [0, 0.05) is 17.4 Å². The standard InChI is InChI=1S/C22H26N2O5/c1-6-28-21(26)18-13(3)19(23-14(18)4)22(27)29-15(5)20(25)24-12(2)11-16-9-7-8-10-17(16)24/h7-10,12,15,23H,6,11H2,1-5H3/t12-,15+/m0/s1. The lowest BCUT2D eigenvalue weighted by Gasteiger charge is -2.25. The number of nitrogens with zero attached hydrogens (tertiary/aromatic N) is 1. The third-order valence-electron chi connectivity index (χ3n) is 5.20. The summed E-state index contributed by atoms with van der Waals surface area (Å²) in [6.45, 7) is 8.83. The number of anilines is 1. The molecule has 0 saturated carbocycles. The highest BCUT2D eigenvalue weighted by atomic mass is 16.5. The van der Waals surface area contributed by atoms with E-state index in [0.29, 0.717) is 16.8 Å². The summed E-state index contributed by atoms with van der Waals surface area (Å²) in [4.78, 5) is 42.4. The number of aryl methyl sites for hydroxylation is 1. The van der Waals surface area contributed by atoms with Crippen LogP contribution in [0.25, 0.3) is 0 Å². The van der Waals surface area contributed by atoms with Crippen molar-refractivity contribution in [3.8, 4) is 0 Å². The molecule has 29 heavy (non-hydrogen) atoms. The fourth-order valence-corrected chi connectivity index (χ4v) is 3.83. The van der Waals surface area contributed by atoms with Crippen LogP contribution in [0.4, 0.5) is 5.69 Å². The molecular formula is C22H26N2O5. The average molecular weight is 398 g/mol. The van der Waals surface area contributed by atoms with Crippen LogP contribution in [0.15, 0.2) is 24.3 Å². The third-order valence-corrected chi connectivity index (χ3v) is 5.20. The molecule has 1 amide bonds. The number of aromatic amines is 1. The molecule has 0 saturated heterocycles. The van der Waals surface area contributed by atoms with Crippen molar-refractivity contribution in [2.75, 3.05) is 11.5 Å². The molecule has 2 heterocycles. The topological polar surface area (TPSA) is 88.7 Å². The van der Waals surface area contributed by atoms with Crippen LogP contribution in [-0.4, -0.2) is 41.6 Å². The predicted molar refractivity (Wildman–Crippen MR) is 108 cm³/mol. The highest BCUT2D eigenvalue weighted by molar-refractivity contribution is 6.02. The lowest BCUT2D eigenvalue weighted by molar-refractivity contribution is -0.126. The molecule has 7 nitrogen and oxygen atoms in total. The minimum atomic E-state index is -0.967. The van der Waals surface area contributed by atoms with Gasteiger partial charge in [-0.1, -0.05) is 18.2 Å². The van der Waals surface area contributed by atoms with Gasteiger partial charge in [0.1, 0.15) is 5.69 Å². The third kappa shape index (κ3) is 3.77. The number of ether oxygens (including phenoxy) is 2. The van der Waals surface area contributed by atoms with Crippen molar-refractivity contribution in [1.29, 1.82) is 0 Å². The Bertz CT molecular complexity index is 962. The van der Waals surface area contributed by atoms with Gasteiger partial charge >= 0.3 is 11.9 Å². The van der Waals surface area contributed by atoms with Gasteiger partial charge in [-0.05, 0) is 58.2 Å². The van der Waals surface area contributed by atoms with E-state index in [1.54, 1.807) is 32.6 Å². The number of aromatic nitrogens is 1. The van der Waals surface area contributed by atoms with E-state index in [9.17, 15) is 14.4 Å². The van der Waals surface area contributed by atoms with Crippen LogP contribution in [0, 0.1) is 13.8 Å². The monoisotopic (exact) mass is 398 g/mol. The van der Waals surface area contributed by atoms with Gasteiger partial charge in [-0.25, -0.2) is 9.59 Å². The molecule has 0 spiro atoms. The summed E-state index contributed by atoms with van der Waals surface area (Å²) >= 11 is 0. The highest BCUT2D eigenvalue weighted by Crippen LogP contribution is 2.32. The number of esters is 2. The van der Waals surface area contributed by atoms with E-state index in [1.165, 1.54) is 0 Å². The van der Waals surface area contributed by atoms with E-state index in [1.807, 2.05) is 31.2 Å². The Labute approximate surface area is 170 Å². The first-order valence-corrected chi connectivity index (χ1v) is 9.74. The zero-order valence-electron chi connectivity index (χ0n) is 17.4. The number of carbonyl (C=O) groups is 3. The van der Waals surface area contributed by atoms with E-state index in [0.717, 1.165) is 17.7 Å². The number of H-pyrrole nitrogens is 1. The molecule has 0 aliphatic carbocycles. The van der Waals surface area contributed by atoms with Crippen LogP contribution < -0.4 is 4.90 Å². The first-order valence-electron chi connectivity index (χ1n) is 9.74. The number of para-hydroxylation sites is 1. The molecule has 1 aliphatic heterocycles. The molecule has 0 unspecified atom stereocenters. The summed E-state index contributed by atoms with van der Waals surface area (Å²) < 4.78 is 10.5.